The lowest BCUT2D eigenvalue weighted by molar-refractivity contribution is -0.139. The van der Waals surface area contributed by atoms with Gasteiger partial charge in [0, 0.05) is 49.4 Å². The lowest BCUT2D eigenvalue weighted by atomic mass is 10.0. The molecule has 8 nitrogen and oxygen atoms in total. The lowest BCUT2D eigenvalue weighted by Gasteiger charge is -2.16. The Morgan fingerprint density at radius 1 is 1.25 bits per heavy atom. The van der Waals surface area contributed by atoms with E-state index >= 15 is 0 Å². The van der Waals surface area contributed by atoms with Crippen LogP contribution in [0.15, 0.2) is 53.4 Å². The quantitative estimate of drug-likeness (QED) is 0.554. The Labute approximate surface area is 160 Å². The highest BCUT2D eigenvalue weighted by atomic mass is 16.5. The van der Waals surface area contributed by atoms with Crippen LogP contribution < -0.4 is 0 Å². The maximum Gasteiger partial charge on any atom is 0.259 e. The molecular weight excluding hydrogens is 358 g/mol. The van der Waals surface area contributed by atoms with Gasteiger partial charge in [-0.25, -0.2) is 4.98 Å². The normalized spacial score (nSPS) is 12.2. The Bertz CT molecular complexity index is 1130. The standard InChI is InChI=1S/C20H19N5O3/c1-3-25(2)20(27)18(26)16-10-15(24-28-16)13-6-4-5-12(9-13)14-11-23-19-17(14)21-7-8-22-19/h4-11,18,26H,3H2,1-2H3,(H,22,23). The monoisotopic (exact) mass is 377 g/mol. The van der Waals surface area contributed by atoms with Crippen LogP contribution in [-0.2, 0) is 4.79 Å². The van der Waals surface area contributed by atoms with E-state index in [4.69, 9.17) is 4.52 Å². The summed E-state index contributed by atoms with van der Waals surface area (Å²) in [6.07, 6.45) is 3.77. The van der Waals surface area contributed by atoms with Crippen molar-refractivity contribution < 1.29 is 14.4 Å². The highest BCUT2D eigenvalue weighted by Crippen LogP contribution is 2.30. The molecule has 0 aliphatic rings. The van der Waals surface area contributed by atoms with E-state index in [0.29, 0.717) is 17.9 Å². The Morgan fingerprint density at radius 3 is 2.86 bits per heavy atom. The van der Waals surface area contributed by atoms with Gasteiger partial charge in [0.25, 0.3) is 5.91 Å². The van der Waals surface area contributed by atoms with Crippen LogP contribution in [0, 0.1) is 0 Å². The van der Waals surface area contributed by atoms with E-state index in [9.17, 15) is 9.90 Å². The molecule has 1 atom stereocenters. The van der Waals surface area contributed by atoms with Gasteiger partial charge in [-0.1, -0.05) is 23.4 Å². The first-order valence-electron chi connectivity index (χ1n) is 8.87. The number of amides is 1. The van der Waals surface area contributed by atoms with E-state index < -0.39 is 12.0 Å². The molecule has 1 aromatic carbocycles. The van der Waals surface area contributed by atoms with Gasteiger partial charge in [0.1, 0.15) is 11.2 Å². The minimum absolute atomic E-state index is 0.115. The van der Waals surface area contributed by atoms with Gasteiger partial charge in [-0.15, -0.1) is 0 Å². The summed E-state index contributed by atoms with van der Waals surface area (Å²) in [4.78, 5) is 25.3. The van der Waals surface area contributed by atoms with Gasteiger partial charge < -0.3 is 19.5 Å². The van der Waals surface area contributed by atoms with Crippen molar-refractivity contribution >= 4 is 17.1 Å². The van der Waals surface area contributed by atoms with Gasteiger partial charge in [0.2, 0.25) is 0 Å². The number of hydrogen-bond donors (Lipinski definition) is 2. The number of aromatic amines is 1. The highest BCUT2D eigenvalue weighted by Gasteiger charge is 2.25. The number of aromatic nitrogens is 4. The Hall–Kier alpha value is -3.52. The third kappa shape index (κ3) is 3.14. The Balaban J connectivity index is 1.66. The average molecular weight is 377 g/mol. The molecule has 3 aromatic heterocycles. The zero-order valence-corrected chi connectivity index (χ0v) is 15.5. The molecule has 142 valence electrons. The molecule has 8 heteroatoms. The van der Waals surface area contributed by atoms with Crippen molar-refractivity contribution in [2.45, 2.75) is 13.0 Å². The molecule has 28 heavy (non-hydrogen) atoms. The van der Waals surface area contributed by atoms with Gasteiger partial charge >= 0.3 is 0 Å². The average Bonchev–Trinajstić information content (AvgIpc) is 3.39. The van der Waals surface area contributed by atoms with Crippen LogP contribution in [0.4, 0.5) is 0 Å². The third-order valence-electron chi connectivity index (χ3n) is 4.66. The van der Waals surface area contributed by atoms with Crippen LogP contribution in [0.3, 0.4) is 0 Å². The summed E-state index contributed by atoms with van der Waals surface area (Å²) in [7, 11) is 1.62. The molecule has 2 N–H and O–H groups in total. The number of aliphatic hydroxyl groups excluding tert-OH is 1. The number of H-pyrrole nitrogens is 1. The fraction of sp³-hybridized carbons (Fsp3) is 0.200. The van der Waals surface area contributed by atoms with Gasteiger partial charge in [0.15, 0.2) is 17.5 Å². The summed E-state index contributed by atoms with van der Waals surface area (Å²) >= 11 is 0. The van der Waals surface area contributed by atoms with E-state index in [0.717, 1.165) is 22.2 Å². The van der Waals surface area contributed by atoms with Gasteiger partial charge in [0.05, 0.1) is 0 Å². The second kappa shape index (κ2) is 7.24. The molecule has 0 bridgehead atoms. The molecule has 4 rings (SSSR count). The molecular formula is C20H19N5O3. The molecule has 0 radical (unpaired) electrons. The smallest absolute Gasteiger partial charge is 0.259 e. The maximum absolute atomic E-state index is 12.1. The second-order valence-corrected chi connectivity index (χ2v) is 6.41. The fourth-order valence-corrected chi connectivity index (χ4v) is 2.96. The predicted octanol–water partition coefficient (Wildman–Crippen LogP) is 2.79. The van der Waals surface area contributed by atoms with Crippen molar-refractivity contribution in [1.29, 1.82) is 0 Å². The molecule has 0 spiro atoms. The van der Waals surface area contributed by atoms with E-state index in [-0.39, 0.29) is 5.76 Å². The number of carbonyl (C=O) groups excluding carboxylic acids is 1. The molecule has 4 aromatic rings. The van der Waals surface area contributed by atoms with Gasteiger partial charge in [-0.2, -0.15) is 0 Å². The number of fused-ring (bicyclic) bond motifs is 1. The third-order valence-corrected chi connectivity index (χ3v) is 4.66. The minimum atomic E-state index is -1.38. The van der Waals surface area contributed by atoms with Crippen LogP contribution in [-0.4, -0.2) is 49.6 Å². The van der Waals surface area contributed by atoms with Crippen molar-refractivity contribution in [3.05, 3.63) is 54.7 Å². The number of aliphatic hydroxyl groups is 1. The fourth-order valence-electron chi connectivity index (χ4n) is 2.96. The van der Waals surface area contributed by atoms with Gasteiger partial charge in [-0.3, -0.25) is 9.78 Å². The van der Waals surface area contributed by atoms with Crippen LogP contribution in [0.25, 0.3) is 33.5 Å². The molecule has 0 saturated carbocycles. The van der Waals surface area contributed by atoms with Crippen molar-refractivity contribution in [1.82, 2.24) is 25.0 Å². The first kappa shape index (κ1) is 17.9. The van der Waals surface area contributed by atoms with E-state index in [2.05, 4.69) is 20.1 Å². The summed E-state index contributed by atoms with van der Waals surface area (Å²) < 4.78 is 5.22. The Kier molecular flexibility index (Phi) is 4.62. The predicted molar refractivity (Wildman–Crippen MR) is 103 cm³/mol. The molecule has 0 aliphatic carbocycles. The molecule has 3 heterocycles. The SMILES string of the molecule is CCN(C)C(=O)C(O)c1cc(-c2cccc(-c3c[nH]c4nccnc34)c2)no1. The zero-order chi connectivity index (χ0) is 19.7. The number of likely N-dealkylation sites (N-methyl/N-ethyl adjacent to an activating group) is 1. The van der Waals surface area contributed by atoms with E-state index in [1.165, 1.54) is 4.90 Å². The van der Waals surface area contributed by atoms with Crippen molar-refractivity contribution in [2.24, 2.45) is 0 Å². The lowest BCUT2D eigenvalue weighted by Crippen LogP contribution is -2.31. The summed E-state index contributed by atoms with van der Waals surface area (Å²) in [6, 6.07) is 9.29. The number of rotatable bonds is 5. The number of carbonyl (C=O) groups is 1. The molecule has 1 unspecified atom stereocenters. The minimum Gasteiger partial charge on any atom is -0.376 e. The summed E-state index contributed by atoms with van der Waals surface area (Å²) in [5, 5.41) is 14.2. The molecule has 1 amide bonds. The second-order valence-electron chi connectivity index (χ2n) is 6.41. The maximum atomic E-state index is 12.1. The zero-order valence-electron chi connectivity index (χ0n) is 15.5. The highest BCUT2D eigenvalue weighted by molar-refractivity contribution is 5.91. The first-order chi connectivity index (χ1) is 13.6. The molecule has 0 saturated heterocycles. The van der Waals surface area contributed by atoms with Crippen LogP contribution in [0.1, 0.15) is 18.8 Å². The Morgan fingerprint density at radius 2 is 2.04 bits per heavy atom. The number of benzene rings is 1. The van der Waals surface area contributed by atoms with Gasteiger partial charge in [-0.05, 0) is 18.6 Å². The van der Waals surface area contributed by atoms with Crippen molar-refractivity contribution in [2.75, 3.05) is 13.6 Å². The van der Waals surface area contributed by atoms with E-state index in [1.807, 2.05) is 37.4 Å². The largest absolute Gasteiger partial charge is 0.376 e. The molecule has 0 aliphatic heterocycles. The summed E-state index contributed by atoms with van der Waals surface area (Å²) in [5.74, 6) is -0.319. The van der Waals surface area contributed by atoms with Crippen LogP contribution in [0.2, 0.25) is 0 Å². The summed E-state index contributed by atoms with van der Waals surface area (Å²) in [6.45, 7) is 2.32. The van der Waals surface area contributed by atoms with E-state index in [1.54, 1.807) is 25.5 Å². The number of nitrogens with one attached hydrogen (secondary N) is 1. The first-order valence-corrected chi connectivity index (χ1v) is 8.87. The topological polar surface area (TPSA) is 108 Å². The molecule has 0 fully saturated rings. The summed E-state index contributed by atoms with van der Waals surface area (Å²) in [5.41, 5.74) is 4.70. The van der Waals surface area contributed by atoms with Crippen LogP contribution >= 0.6 is 0 Å². The van der Waals surface area contributed by atoms with Crippen LogP contribution in [0.5, 0.6) is 0 Å². The van der Waals surface area contributed by atoms with Crippen molar-refractivity contribution in [3.8, 4) is 22.4 Å². The number of hydrogen-bond acceptors (Lipinski definition) is 6. The number of nitrogens with zero attached hydrogens (tertiary/aromatic N) is 4. The van der Waals surface area contributed by atoms with Crippen molar-refractivity contribution in [3.63, 3.8) is 0 Å².